The van der Waals surface area contributed by atoms with Gasteiger partial charge in [0.15, 0.2) is 0 Å². The minimum absolute atomic E-state index is 0.0382. The lowest BCUT2D eigenvalue weighted by molar-refractivity contribution is -0.140. The van der Waals surface area contributed by atoms with Gasteiger partial charge in [-0.3, -0.25) is 13.9 Å². The molecule has 1 N–H and O–H groups in total. The molecule has 0 radical (unpaired) electrons. The summed E-state index contributed by atoms with van der Waals surface area (Å²) in [6.45, 7) is 5.27. The lowest BCUT2D eigenvalue weighted by Crippen LogP contribution is -2.53. The van der Waals surface area contributed by atoms with Crippen LogP contribution in [0.25, 0.3) is 0 Å². The summed E-state index contributed by atoms with van der Waals surface area (Å²) in [7, 11) is -4.18. The van der Waals surface area contributed by atoms with Crippen molar-refractivity contribution in [3.8, 4) is 0 Å². The molecule has 230 valence electrons. The third kappa shape index (κ3) is 7.80. The van der Waals surface area contributed by atoms with E-state index in [0.717, 1.165) is 21.0 Å². The molecule has 44 heavy (non-hydrogen) atoms. The van der Waals surface area contributed by atoms with Crippen molar-refractivity contribution < 1.29 is 18.0 Å². The number of halogens is 2. The normalized spacial score (nSPS) is 11.9. The van der Waals surface area contributed by atoms with Crippen LogP contribution in [0, 0.1) is 13.8 Å². The van der Waals surface area contributed by atoms with E-state index >= 15 is 0 Å². The first-order chi connectivity index (χ1) is 21.0. The van der Waals surface area contributed by atoms with E-state index in [4.69, 9.17) is 23.2 Å². The van der Waals surface area contributed by atoms with E-state index < -0.39 is 28.5 Å². The van der Waals surface area contributed by atoms with Gasteiger partial charge >= 0.3 is 0 Å². The summed E-state index contributed by atoms with van der Waals surface area (Å²) in [6.07, 6.45) is 0.190. The van der Waals surface area contributed by atoms with Gasteiger partial charge in [-0.2, -0.15) is 0 Å². The van der Waals surface area contributed by atoms with Crippen molar-refractivity contribution in [2.24, 2.45) is 0 Å². The van der Waals surface area contributed by atoms with E-state index in [1.54, 1.807) is 55.5 Å². The van der Waals surface area contributed by atoms with Crippen LogP contribution in [0.5, 0.6) is 0 Å². The largest absolute Gasteiger partial charge is 0.355 e. The minimum Gasteiger partial charge on any atom is -0.355 e. The van der Waals surface area contributed by atoms with Crippen LogP contribution in [0.15, 0.2) is 102 Å². The van der Waals surface area contributed by atoms with Crippen molar-refractivity contribution in [1.82, 2.24) is 10.2 Å². The molecule has 0 bridgehead atoms. The first-order valence-electron chi connectivity index (χ1n) is 14.2. The van der Waals surface area contributed by atoms with Crippen molar-refractivity contribution in [2.75, 3.05) is 17.4 Å². The number of nitrogens with zero attached hydrogens (tertiary/aromatic N) is 2. The first kappa shape index (κ1) is 33.1. The van der Waals surface area contributed by atoms with Gasteiger partial charge in [-0.25, -0.2) is 8.42 Å². The zero-order chi connectivity index (χ0) is 31.9. The molecule has 2 amide bonds. The molecule has 4 rings (SSSR count). The SMILES string of the molecule is CCNC(=O)[C@@H](Cc1ccccc1)N(Cc1c(Cl)cccc1Cl)C(=O)CN(c1ccc(C)c(C)c1)S(=O)(=O)c1ccccc1. The molecule has 0 saturated carbocycles. The van der Waals surface area contributed by atoms with Gasteiger partial charge in [0, 0.05) is 35.1 Å². The number of hydrogen-bond acceptors (Lipinski definition) is 4. The second-order valence-electron chi connectivity index (χ2n) is 10.4. The van der Waals surface area contributed by atoms with Crippen molar-refractivity contribution in [3.05, 3.63) is 129 Å². The maximum absolute atomic E-state index is 14.5. The van der Waals surface area contributed by atoms with Crippen molar-refractivity contribution in [2.45, 2.75) is 44.7 Å². The summed E-state index contributed by atoms with van der Waals surface area (Å²) in [5.41, 5.74) is 3.46. The molecule has 7 nitrogen and oxygen atoms in total. The van der Waals surface area contributed by atoms with Gasteiger partial charge in [0.25, 0.3) is 10.0 Å². The van der Waals surface area contributed by atoms with Crippen molar-refractivity contribution >= 4 is 50.7 Å². The number of anilines is 1. The molecule has 0 aliphatic rings. The second-order valence-corrected chi connectivity index (χ2v) is 13.1. The highest BCUT2D eigenvalue weighted by molar-refractivity contribution is 7.92. The number of amides is 2. The molecule has 1 atom stereocenters. The predicted molar refractivity (Wildman–Crippen MR) is 177 cm³/mol. The van der Waals surface area contributed by atoms with E-state index in [2.05, 4.69) is 5.32 Å². The van der Waals surface area contributed by atoms with Crippen molar-refractivity contribution in [3.63, 3.8) is 0 Å². The van der Waals surface area contributed by atoms with Gasteiger partial charge in [0.05, 0.1) is 10.6 Å². The molecule has 0 unspecified atom stereocenters. The number of carbonyl (C=O) groups excluding carboxylic acids is 2. The number of likely N-dealkylation sites (N-methyl/N-ethyl adjacent to an activating group) is 1. The summed E-state index contributed by atoms with van der Waals surface area (Å²) >= 11 is 13.1. The molecule has 0 aliphatic carbocycles. The summed E-state index contributed by atoms with van der Waals surface area (Å²) in [6, 6.07) is 26.5. The van der Waals surface area contributed by atoms with E-state index in [9.17, 15) is 18.0 Å². The number of aryl methyl sites for hydroxylation is 2. The third-order valence-electron chi connectivity index (χ3n) is 7.40. The Morgan fingerprint density at radius 1 is 0.818 bits per heavy atom. The van der Waals surface area contributed by atoms with Crippen molar-refractivity contribution in [1.29, 1.82) is 0 Å². The fourth-order valence-corrected chi connectivity index (χ4v) is 6.77. The van der Waals surface area contributed by atoms with Gasteiger partial charge < -0.3 is 10.2 Å². The Kier molecular flexibility index (Phi) is 11.1. The molecule has 4 aromatic rings. The van der Waals surface area contributed by atoms with Gasteiger partial charge in [-0.05, 0) is 73.9 Å². The lowest BCUT2D eigenvalue weighted by Gasteiger charge is -2.34. The average molecular weight is 653 g/mol. The number of sulfonamides is 1. The summed E-state index contributed by atoms with van der Waals surface area (Å²) in [5, 5.41) is 3.49. The van der Waals surface area contributed by atoms with E-state index in [1.807, 2.05) is 50.2 Å². The molecule has 0 aromatic heterocycles. The Hall–Kier alpha value is -3.85. The number of benzene rings is 4. The number of carbonyl (C=O) groups is 2. The number of nitrogens with one attached hydrogen (secondary N) is 1. The Morgan fingerprint density at radius 2 is 1.43 bits per heavy atom. The molecule has 0 aliphatic heterocycles. The minimum atomic E-state index is -4.18. The monoisotopic (exact) mass is 651 g/mol. The molecular weight excluding hydrogens is 617 g/mol. The molecule has 0 fully saturated rings. The molecular formula is C34H35Cl2N3O4S. The number of hydrogen-bond donors (Lipinski definition) is 1. The van der Waals surface area contributed by atoms with Gasteiger partial charge in [0.1, 0.15) is 12.6 Å². The zero-order valence-electron chi connectivity index (χ0n) is 24.8. The Labute approximate surface area is 269 Å². The van der Waals surface area contributed by atoms with Crippen LogP contribution in [0.4, 0.5) is 5.69 Å². The lowest BCUT2D eigenvalue weighted by atomic mass is 10.0. The Balaban J connectivity index is 1.84. The van der Waals surface area contributed by atoms with Gasteiger partial charge in [-0.15, -0.1) is 0 Å². The second kappa shape index (κ2) is 14.8. The van der Waals surface area contributed by atoms with E-state index in [0.29, 0.717) is 27.8 Å². The van der Waals surface area contributed by atoms with Gasteiger partial charge in [-0.1, -0.05) is 83.9 Å². The summed E-state index contributed by atoms with van der Waals surface area (Å²) in [4.78, 5) is 29.5. The molecule has 0 spiro atoms. The zero-order valence-corrected chi connectivity index (χ0v) is 27.2. The van der Waals surface area contributed by atoms with Crippen LogP contribution in [0.1, 0.15) is 29.2 Å². The maximum atomic E-state index is 14.5. The standard InChI is InChI=1S/C34H35Cl2N3O4S/c1-4-37-34(41)32(21-26-12-7-5-8-13-26)38(22-29-30(35)16-11-17-31(29)36)33(40)23-39(27-19-18-24(2)25(3)20-27)44(42,43)28-14-9-6-10-15-28/h5-20,32H,4,21-23H2,1-3H3,(H,37,41)/t32-/m1/s1. The van der Waals surface area contributed by atoms with Crippen LogP contribution >= 0.6 is 23.2 Å². The summed E-state index contributed by atoms with van der Waals surface area (Å²) < 4.78 is 29.3. The fourth-order valence-electron chi connectivity index (χ4n) is 4.83. The van der Waals surface area contributed by atoms with E-state index in [1.165, 1.54) is 17.0 Å². The third-order valence-corrected chi connectivity index (χ3v) is 9.90. The topological polar surface area (TPSA) is 86.8 Å². The molecule has 4 aromatic carbocycles. The highest BCUT2D eigenvalue weighted by Gasteiger charge is 2.35. The van der Waals surface area contributed by atoms with E-state index in [-0.39, 0.29) is 23.8 Å². The van der Waals surface area contributed by atoms with Crippen LogP contribution in [-0.4, -0.2) is 44.3 Å². The smallest absolute Gasteiger partial charge is 0.264 e. The summed E-state index contributed by atoms with van der Waals surface area (Å²) in [5.74, 6) is -0.970. The average Bonchev–Trinajstić information content (AvgIpc) is 3.01. The Morgan fingerprint density at radius 3 is 2.02 bits per heavy atom. The molecule has 0 saturated heterocycles. The van der Waals surface area contributed by atoms with Crippen LogP contribution in [-0.2, 0) is 32.6 Å². The fraction of sp³-hybridized carbons (Fsp3) is 0.235. The van der Waals surface area contributed by atoms with Crippen LogP contribution < -0.4 is 9.62 Å². The first-order valence-corrected chi connectivity index (χ1v) is 16.4. The molecule has 10 heteroatoms. The van der Waals surface area contributed by atoms with Crippen LogP contribution in [0.3, 0.4) is 0 Å². The Bertz CT molecular complexity index is 1700. The highest BCUT2D eigenvalue weighted by atomic mass is 35.5. The van der Waals surface area contributed by atoms with Gasteiger partial charge in [0.2, 0.25) is 11.8 Å². The number of rotatable bonds is 12. The van der Waals surface area contributed by atoms with Crippen LogP contribution in [0.2, 0.25) is 10.0 Å². The quantitative estimate of drug-likeness (QED) is 0.187. The maximum Gasteiger partial charge on any atom is 0.264 e. The predicted octanol–water partition coefficient (Wildman–Crippen LogP) is 6.58. The molecule has 0 heterocycles. The highest BCUT2D eigenvalue weighted by Crippen LogP contribution is 2.29.